The average Bonchev–Trinajstić information content (AvgIpc) is 2.35. The van der Waals surface area contributed by atoms with Gasteiger partial charge in [-0.1, -0.05) is 12.8 Å². The summed E-state index contributed by atoms with van der Waals surface area (Å²) in [6, 6.07) is 0.567. The molecule has 2 rings (SSSR count). The maximum Gasteiger partial charge on any atom is 0.00699 e. The smallest absolute Gasteiger partial charge is 0.00699 e. The summed E-state index contributed by atoms with van der Waals surface area (Å²) in [7, 11) is 0. The minimum absolute atomic E-state index is 0.567. The molecule has 0 unspecified atom stereocenters. The number of hydrogen-bond acceptors (Lipinski definition) is 1. The first kappa shape index (κ1) is 5.72. The van der Waals surface area contributed by atoms with E-state index in [2.05, 4.69) is 0 Å². The molecule has 1 heteroatoms. The van der Waals surface area contributed by atoms with Crippen LogP contribution in [-0.4, -0.2) is 6.04 Å². The molecule has 0 amide bonds. The van der Waals surface area contributed by atoms with Crippen LogP contribution >= 0.6 is 0 Å². The highest BCUT2D eigenvalue weighted by Gasteiger charge is 2.36. The van der Waals surface area contributed by atoms with E-state index in [-0.39, 0.29) is 0 Å². The van der Waals surface area contributed by atoms with Gasteiger partial charge >= 0.3 is 0 Å². The SMILES string of the molecule is N[C@@H]1CC[C@H]2CCC[C@@H]21. The summed E-state index contributed by atoms with van der Waals surface area (Å²) < 4.78 is 0. The molecule has 0 aliphatic heterocycles. The lowest BCUT2D eigenvalue weighted by Gasteiger charge is -2.11. The Labute approximate surface area is 56.6 Å². The van der Waals surface area contributed by atoms with Crippen molar-refractivity contribution in [1.82, 2.24) is 0 Å². The second kappa shape index (κ2) is 1.98. The van der Waals surface area contributed by atoms with Gasteiger partial charge in [-0.2, -0.15) is 0 Å². The maximum absolute atomic E-state index is 5.92. The van der Waals surface area contributed by atoms with Gasteiger partial charge in [-0.05, 0) is 31.1 Å². The van der Waals surface area contributed by atoms with Crippen molar-refractivity contribution in [1.29, 1.82) is 0 Å². The van der Waals surface area contributed by atoms with E-state index in [1.54, 1.807) is 0 Å². The second-order valence-electron chi connectivity index (χ2n) is 3.60. The molecule has 9 heavy (non-hydrogen) atoms. The van der Waals surface area contributed by atoms with E-state index in [0.29, 0.717) is 6.04 Å². The van der Waals surface area contributed by atoms with Gasteiger partial charge in [0.15, 0.2) is 0 Å². The molecule has 3 atom stereocenters. The Kier molecular flexibility index (Phi) is 1.26. The molecule has 0 aromatic carbocycles. The van der Waals surface area contributed by atoms with Crippen LogP contribution in [0.4, 0.5) is 0 Å². The molecule has 0 heterocycles. The van der Waals surface area contributed by atoms with Crippen molar-refractivity contribution in [2.45, 2.75) is 38.1 Å². The molecule has 0 bridgehead atoms. The lowest BCUT2D eigenvalue weighted by molar-refractivity contribution is 0.421. The molecule has 2 aliphatic rings. The van der Waals surface area contributed by atoms with Gasteiger partial charge in [0.1, 0.15) is 0 Å². The molecule has 2 N–H and O–H groups in total. The quantitative estimate of drug-likeness (QED) is 0.522. The van der Waals surface area contributed by atoms with Crippen molar-refractivity contribution in [3.63, 3.8) is 0 Å². The van der Waals surface area contributed by atoms with E-state index in [9.17, 15) is 0 Å². The molecule has 0 aromatic heterocycles. The minimum Gasteiger partial charge on any atom is -0.327 e. The molecule has 2 saturated carbocycles. The molecule has 0 aromatic rings. The molecule has 0 saturated heterocycles. The van der Waals surface area contributed by atoms with Crippen molar-refractivity contribution in [3.05, 3.63) is 0 Å². The predicted molar refractivity (Wildman–Crippen MR) is 38.0 cm³/mol. The highest BCUT2D eigenvalue weighted by atomic mass is 14.7. The van der Waals surface area contributed by atoms with E-state index in [1.807, 2.05) is 0 Å². The first-order chi connectivity index (χ1) is 4.38. The first-order valence-electron chi connectivity index (χ1n) is 4.13. The topological polar surface area (TPSA) is 26.0 Å². The lowest BCUT2D eigenvalue weighted by Crippen LogP contribution is -2.24. The largest absolute Gasteiger partial charge is 0.327 e. The van der Waals surface area contributed by atoms with Gasteiger partial charge < -0.3 is 5.73 Å². The Morgan fingerprint density at radius 3 is 2.67 bits per heavy atom. The van der Waals surface area contributed by atoms with Crippen molar-refractivity contribution in [2.24, 2.45) is 17.6 Å². The van der Waals surface area contributed by atoms with E-state index in [1.165, 1.54) is 32.1 Å². The average molecular weight is 125 g/mol. The van der Waals surface area contributed by atoms with E-state index in [4.69, 9.17) is 5.73 Å². The molecular weight excluding hydrogens is 110 g/mol. The third kappa shape index (κ3) is 0.787. The Balaban J connectivity index is 2.07. The summed E-state index contributed by atoms with van der Waals surface area (Å²) in [6.45, 7) is 0. The fraction of sp³-hybridized carbons (Fsp3) is 1.00. The normalized spacial score (nSPS) is 49.7. The van der Waals surface area contributed by atoms with Crippen LogP contribution in [-0.2, 0) is 0 Å². The minimum atomic E-state index is 0.567. The molecule has 0 radical (unpaired) electrons. The van der Waals surface area contributed by atoms with E-state index in [0.717, 1.165) is 11.8 Å². The number of rotatable bonds is 0. The standard InChI is InChI=1S/C8H15N/c9-8-5-4-6-2-1-3-7(6)8/h6-8H,1-5,9H2/t6-,7+,8-/m1/s1. The number of hydrogen-bond donors (Lipinski definition) is 1. The van der Waals surface area contributed by atoms with Gasteiger partial charge in [0, 0.05) is 6.04 Å². The van der Waals surface area contributed by atoms with Crippen LogP contribution in [0.1, 0.15) is 32.1 Å². The summed E-state index contributed by atoms with van der Waals surface area (Å²) in [4.78, 5) is 0. The Morgan fingerprint density at radius 2 is 1.89 bits per heavy atom. The lowest BCUT2D eigenvalue weighted by atomic mass is 9.98. The highest BCUT2D eigenvalue weighted by Crippen LogP contribution is 2.42. The zero-order chi connectivity index (χ0) is 6.27. The fourth-order valence-electron chi connectivity index (χ4n) is 2.61. The molecule has 2 fully saturated rings. The van der Waals surface area contributed by atoms with E-state index >= 15 is 0 Å². The zero-order valence-corrected chi connectivity index (χ0v) is 5.84. The summed E-state index contributed by atoms with van der Waals surface area (Å²) in [5.74, 6) is 1.95. The molecular formula is C8H15N. The van der Waals surface area contributed by atoms with Crippen LogP contribution in [0.5, 0.6) is 0 Å². The van der Waals surface area contributed by atoms with Crippen LogP contribution in [0, 0.1) is 11.8 Å². The van der Waals surface area contributed by atoms with Crippen LogP contribution in [0.25, 0.3) is 0 Å². The van der Waals surface area contributed by atoms with Gasteiger partial charge in [-0.25, -0.2) is 0 Å². The maximum atomic E-state index is 5.92. The fourth-order valence-corrected chi connectivity index (χ4v) is 2.61. The summed E-state index contributed by atoms with van der Waals surface area (Å²) in [6.07, 6.45) is 7.06. The molecule has 0 spiro atoms. The predicted octanol–water partition coefficient (Wildman–Crippen LogP) is 1.52. The van der Waals surface area contributed by atoms with Crippen LogP contribution < -0.4 is 5.73 Å². The van der Waals surface area contributed by atoms with Gasteiger partial charge in [0.25, 0.3) is 0 Å². The zero-order valence-electron chi connectivity index (χ0n) is 5.84. The van der Waals surface area contributed by atoms with Gasteiger partial charge in [-0.3, -0.25) is 0 Å². The summed E-state index contributed by atoms with van der Waals surface area (Å²) >= 11 is 0. The second-order valence-corrected chi connectivity index (χ2v) is 3.60. The monoisotopic (exact) mass is 125 g/mol. The molecule has 2 aliphatic carbocycles. The number of nitrogens with two attached hydrogens (primary N) is 1. The van der Waals surface area contributed by atoms with Crippen molar-refractivity contribution < 1.29 is 0 Å². The Morgan fingerprint density at radius 1 is 1.00 bits per heavy atom. The third-order valence-corrected chi connectivity index (χ3v) is 3.14. The molecule has 52 valence electrons. The van der Waals surface area contributed by atoms with Gasteiger partial charge in [-0.15, -0.1) is 0 Å². The number of fused-ring (bicyclic) bond motifs is 1. The van der Waals surface area contributed by atoms with E-state index < -0.39 is 0 Å². The Hall–Kier alpha value is -0.0400. The van der Waals surface area contributed by atoms with Crippen molar-refractivity contribution in [3.8, 4) is 0 Å². The van der Waals surface area contributed by atoms with Crippen LogP contribution in [0.15, 0.2) is 0 Å². The highest BCUT2D eigenvalue weighted by molar-refractivity contribution is 4.91. The summed E-state index contributed by atoms with van der Waals surface area (Å²) in [5, 5.41) is 0. The van der Waals surface area contributed by atoms with Crippen LogP contribution in [0.3, 0.4) is 0 Å². The first-order valence-corrected chi connectivity index (χ1v) is 4.13. The van der Waals surface area contributed by atoms with Crippen molar-refractivity contribution in [2.75, 3.05) is 0 Å². The van der Waals surface area contributed by atoms with Crippen LogP contribution in [0.2, 0.25) is 0 Å². The van der Waals surface area contributed by atoms with Gasteiger partial charge in [0.2, 0.25) is 0 Å². The third-order valence-electron chi connectivity index (χ3n) is 3.14. The van der Waals surface area contributed by atoms with Gasteiger partial charge in [0.05, 0.1) is 0 Å². The Bertz CT molecular complexity index is 111. The summed E-state index contributed by atoms with van der Waals surface area (Å²) in [5.41, 5.74) is 5.92. The van der Waals surface area contributed by atoms with Crippen molar-refractivity contribution >= 4 is 0 Å². The molecule has 1 nitrogen and oxygen atoms in total.